The van der Waals surface area contributed by atoms with E-state index in [0.717, 1.165) is 24.4 Å². The molecule has 0 fully saturated rings. The molecule has 1 nitrogen and oxygen atoms in total. The predicted octanol–water partition coefficient (Wildman–Crippen LogP) is 11.3. The van der Waals surface area contributed by atoms with Crippen molar-refractivity contribution < 1.29 is 4.74 Å². The first-order chi connectivity index (χ1) is 25.3. The fraction of sp³-hybridized carbons (Fsp3) is 0.0800. The molecule has 7 aromatic rings. The van der Waals surface area contributed by atoms with Crippen LogP contribution in [0.1, 0.15) is 50.1 Å². The van der Waals surface area contributed by atoms with E-state index in [1.54, 1.807) is 0 Å². The molecule has 12 rings (SSSR count). The summed E-state index contributed by atoms with van der Waals surface area (Å²) in [6.45, 7) is 0. The number of allylic oxidation sites excluding steroid dienone is 4. The zero-order valence-corrected chi connectivity index (χ0v) is 28.0. The number of hydrogen-bond acceptors (Lipinski definition) is 1. The molecule has 0 radical (unpaired) electrons. The molecule has 2 spiro atoms. The van der Waals surface area contributed by atoms with Gasteiger partial charge in [-0.3, -0.25) is 0 Å². The molecule has 5 aliphatic rings. The fourth-order valence-electron chi connectivity index (χ4n) is 10.6. The van der Waals surface area contributed by atoms with Crippen molar-refractivity contribution in [1.29, 1.82) is 0 Å². The van der Waals surface area contributed by atoms with E-state index in [-0.39, 0.29) is 5.41 Å². The molecule has 0 aromatic heterocycles. The van der Waals surface area contributed by atoms with Gasteiger partial charge in [0.1, 0.15) is 11.5 Å². The number of rotatable bonds is 1. The number of hydrogen-bond donors (Lipinski definition) is 0. The number of fused-ring (bicyclic) bond motifs is 18. The Morgan fingerprint density at radius 1 is 0.373 bits per heavy atom. The maximum atomic E-state index is 6.38. The highest BCUT2D eigenvalue weighted by molar-refractivity contribution is 5.97. The Bertz CT molecular complexity index is 2620. The molecule has 1 heterocycles. The van der Waals surface area contributed by atoms with Crippen LogP contribution in [-0.2, 0) is 23.7 Å². The summed E-state index contributed by atoms with van der Waals surface area (Å²) >= 11 is 0. The maximum Gasteiger partial charge on any atom is 0.130 e. The molecule has 1 aliphatic heterocycles. The van der Waals surface area contributed by atoms with Crippen molar-refractivity contribution in [2.45, 2.75) is 23.7 Å². The Kier molecular flexibility index (Phi) is 5.28. The molecule has 0 atom stereocenters. The second-order valence-electron chi connectivity index (χ2n) is 14.7. The third-order valence-electron chi connectivity index (χ3n) is 12.5. The van der Waals surface area contributed by atoms with Gasteiger partial charge in [-0.1, -0.05) is 152 Å². The molecular formula is C50H32O. The fourth-order valence-corrected chi connectivity index (χ4v) is 10.6. The van der Waals surface area contributed by atoms with Crippen LogP contribution >= 0.6 is 0 Å². The van der Waals surface area contributed by atoms with Gasteiger partial charge in [0.15, 0.2) is 0 Å². The molecule has 0 amide bonds. The van der Waals surface area contributed by atoms with Crippen LogP contribution < -0.4 is 4.74 Å². The van der Waals surface area contributed by atoms with Crippen LogP contribution in [-0.4, -0.2) is 0 Å². The van der Waals surface area contributed by atoms with Gasteiger partial charge < -0.3 is 4.74 Å². The summed E-state index contributed by atoms with van der Waals surface area (Å²) < 4.78 is 6.38. The van der Waals surface area contributed by atoms with Crippen LogP contribution in [0, 0.1) is 0 Å². The number of para-hydroxylation sites is 1. The highest BCUT2D eigenvalue weighted by atomic mass is 16.5. The summed E-state index contributed by atoms with van der Waals surface area (Å²) in [5.41, 5.74) is 21.1. The minimum absolute atomic E-state index is 0.356. The van der Waals surface area contributed by atoms with Crippen LogP contribution in [0.5, 0.6) is 5.75 Å². The molecule has 7 aromatic carbocycles. The lowest BCUT2D eigenvalue weighted by Crippen LogP contribution is -2.27. The van der Waals surface area contributed by atoms with Crippen LogP contribution in [0.4, 0.5) is 0 Å². The summed E-state index contributed by atoms with van der Waals surface area (Å²) in [5, 5.41) is 0. The first-order valence-electron chi connectivity index (χ1n) is 18.1. The van der Waals surface area contributed by atoms with E-state index in [0.29, 0.717) is 0 Å². The van der Waals surface area contributed by atoms with E-state index in [4.69, 9.17) is 4.74 Å². The van der Waals surface area contributed by atoms with Crippen molar-refractivity contribution in [3.05, 3.63) is 231 Å². The third-order valence-corrected chi connectivity index (χ3v) is 12.5. The summed E-state index contributed by atoms with van der Waals surface area (Å²) in [5.74, 6) is 1.98. The largest absolute Gasteiger partial charge is 0.461 e. The van der Waals surface area contributed by atoms with Crippen LogP contribution in [0.15, 0.2) is 181 Å². The Balaban J connectivity index is 1.16. The molecular weight excluding hydrogens is 617 g/mol. The van der Waals surface area contributed by atoms with Gasteiger partial charge in [-0.05, 0) is 108 Å². The lowest BCUT2D eigenvalue weighted by molar-refractivity contribution is 0.446. The second-order valence-corrected chi connectivity index (χ2v) is 14.7. The van der Waals surface area contributed by atoms with Gasteiger partial charge in [0.25, 0.3) is 0 Å². The number of ether oxygens (including phenoxy) is 1. The van der Waals surface area contributed by atoms with Crippen LogP contribution in [0.25, 0.3) is 33.4 Å². The highest BCUT2D eigenvalue weighted by Crippen LogP contribution is 2.66. The first-order valence-corrected chi connectivity index (χ1v) is 18.1. The summed E-state index contributed by atoms with van der Waals surface area (Å²) in [6.07, 6.45) is 6.34. The molecule has 0 saturated carbocycles. The summed E-state index contributed by atoms with van der Waals surface area (Å²) in [6, 6.07) is 59.2. The zero-order chi connectivity index (χ0) is 33.3. The van der Waals surface area contributed by atoms with E-state index in [1.807, 2.05) is 0 Å². The van der Waals surface area contributed by atoms with E-state index >= 15 is 0 Å². The van der Waals surface area contributed by atoms with Crippen molar-refractivity contribution in [3.63, 3.8) is 0 Å². The average molecular weight is 649 g/mol. The van der Waals surface area contributed by atoms with Gasteiger partial charge in [0.2, 0.25) is 0 Å². The van der Waals surface area contributed by atoms with Gasteiger partial charge in [-0.15, -0.1) is 0 Å². The van der Waals surface area contributed by atoms with Gasteiger partial charge in [-0.2, -0.15) is 0 Å². The molecule has 4 aliphatic carbocycles. The van der Waals surface area contributed by atoms with Crippen molar-refractivity contribution in [2.24, 2.45) is 0 Å². The monoisotopic (exact) mass is 648 g/mol. The second kappa shape index (κ2) is 9.74. The lowest BCUT2D eigenvalue weighted by Gasteiger charge is -2.32. The quantitative estimate of drug-likeness (QED) is 0.172. The third kappa shape index (κ3) is 3.28. The van der Waals surface area contributed by atoms with E-state index < -0.39 is 5.41 Å². The highest BCUT2D eigenvalue weighted by Gasteiger charge is 2.55. The van der Waals surface area contributed by atoms with Crippen molar-refractivity contribution in [3.8, 4) is 39.1 Å². The minimum atomic E-state index is -0.393. The van der Waals surface area contributed by atoms with Gasteiger partial charge in [0, 0.05) is 12.0 Å². The molecule has 0 N–H and O–H groups in total. The van der Waals surface area contributed by atoms with Crippen LogP contribution in [0.3, 0.4) is 0 Å². The maximum absolute atomic E-state index is 6.38. The standard InChI is InChI=1S/C50H32O/c1-12-24-48-31(13-1)28-34(51-48)26-25-33-27-32-29-47-40(30-46(32)49(33)41-19-7-2-14-35(41)36-15-3-8-20-42(36)49)39-18-6-11-23-45(39)50(47)43-21-9-4-16-37(43)38-17-5-10-22-44(38)50/h1-26,29-30H,27-28H2/b33-25+,34-26+. The Morgan fingerprint density at radius 3 is 1.39 bits per heavy atom. The van der Waals surface area contributed by atoms with Crippen molar-refractivity contribution in [1.82, 2.24) is 0 Å². The Labute approximate surface area is 297 Å². The smallest absolute Gasteiger partial charge is 0.130 e. The van der Waals surface area contributed by atoms with Gasteiger partial charge in [-0.25, -0.2) is 0 Å². The molecule has 238 valence electrons. The zero-order valence-electron chi connectivity index (χ0n) is 28.0. The molecule has 51 heavy (non-hydrogen) atoms. The molecule has 0 saturated heterocycles. The summed E-state index contributed by atoms with van der Waals surface area (Å²) in [4.78, 5) is 0. The van der Waals surface area contributed by atoms with Crippen molar-refractivity contribution in [2.75, 3.05) is 0 Å². The minimum Gasteiger partial charge on any atom is -0.461 e. The van der Waals surface area contributed by atoms with E-state index in [2.05, 4.69) is 170 Å². The Hall–Kier alpha value is -6.18. The molecule has 0 bridgehead atoms. The SMILES string of the molecule is C(/C=C1\Cc2cc3c(cc2C12c1ccccc1-c1ccccc12)-c1ccccc1C31c2ccccc2-c2ccccc21)=C1/Cc2ccccc2O1. The van der Waals surface area contributed by atoms with E-state index in [9.17, 15) is 0 Å². The predicted molar refractivity (Wildman–Crippen MR) is 205 cm³/mol. The first kappa shape index (κ1) is 27.6. The number of benzene rings is 7. The lowest BCUT2D eigenvalue weighted by atomic mass is 9.68. The molecule has 1 heteroatoms. The van der Waals surface area contributed by atoms with Crippen molar-refractivity contribution >= 4 is 0 Å². The topological polar surface area (TPSA) is 9.23 Å². The Morgan fingerprint density at radius 2 is 0.843 bits per heavy atom. The van der Waals surface area contributed by atoms with Gasteiger partial charge >= 0.3 is 0 Å². The summed E-state index contributed by atoms with van der Waals surface area (Å²) in [7, 11) is 0. The van der Waals surface area contributed by atoms with Crippen LogP contribution in [0.2, 0.25) is 0 Å². The normalized spacial score (nSPS) is 18.2. The van der Waals surface area contributed by atoms with E-state index in [1.165, 1.54) is 89.0 Å². The average Bonchev–Trinajstić information content (AvgIpc) is 3.97. The molecule has 0 unspecified atom stereocenters. The van der Waals surface area contributed by atoms with Gasteiger partial charge in [0.05, 0.1) is 10.8 Å².